The van der Waals surface area contributed by atoms with Gasteiger partial charge in [-0.15, -0.1) is 0 Å². The molecule has 0 aliphatic heterocycles. The van der Waals surface area contributed by atoms with Gasteiger partial charge in [-0.3, -0.25) is 4.98 Å². The van der Waals surface area contributed by atoms with Crippen molar-refractivity contribution in [2.75, 3.05) is 18.1 Å². The molecule has 0 fully saturated rings. The number of benzene rings is 2. The Morgan fingerprint density at radius 3 is 2.22 bits per heavy atom. The molecule has 3 rings (SSSR count). The minimum Gasteiger partial charge on any atom is -0.397 e. The molecule has 5 nitrogen and oxygen atoms in total. The topological polar surface area (TPSA) is 85.1 Å². The summed E-state index contributed by atoms with van der Waals surface area (Å²) in [6, 6.07) is 11.6. The van der Waals surface area contributed by atoms with E-state index in [1.807, 2.05) is 70.9 Å². The molecule has 0 radical (unpaired) electrons. The van der Waals surface area contributed by atoms with Crippen molar-refractivity contribution >= 4 is 59.1 Å². The van der Waals surface area contributed by atoms with Gasteiger partial charge in [-0.1, -0.05) is 35.3 Å². The molecule has 27 heavy (non-hydrogen) atoms. The highest BCUT2D eigenvalue weighted by atomic mass is 35.5. The fourth-order valence-corrected chi connectivity index (χ4v) is 2.67. The van der Waals surface area contributed by atoms with E-state index < -0.39 is 0 Å². The van der Waals surface area contributed by atoms with Crippen LogP contribution in [0, 0.1) is 13.8 Å². The van der Waals surface area contributed by atoms with E-state index in [9.17, 15) is 0 Å². The Morgan fingerprint density at radius 1 is 1.04 bits per heavy atom. The van der Waals surface area contributed by atoms with Gasteiger partial charge in [0.05, 0.1) is 16.2 Å². The number of halogens is 2. The van der Waals surface area contributed by atoms with Crippen molar-refractivity contribution in [3.05, 3.63) is 63.8 Å². The lowest BCUT2D eigenvalue weighted by Crippen LogP contribution is -1.91. The molecule has 0 aliphatic rings. The number of aryl methyl sites for hydroxylation is 1. The number of fused-ring (bicyclic) bond motifs is 1. The Hall–Kier alpha value is -2.63. The van der Waals surface area contributed by atoms with Crippen molar-refractivity contribution in [2.24, 2.45) is 0 Å². The van der Waals surface area contributed by atoms with Gasteiger partial charge in [0, 0.05) is 29.3 Å². The van der Waals surface area contributed by atoms with E-state index in [0.717, 1.165) is 32.7 Å². The summed E-state index contributed by atoms with van der Waals surface area (Å²) in [5, 5.41) is 5.46. The zero-order chi connectivity index (χ0) is 21.0. The third-order valence-electron chi connectivity index (χ3n) is 3.60. The number of nitrogen functional groups attached to an aromatic ring is 1. The number of carbonyl (C=O) groups excluding carboxylic acids is 2. The van der Waals surface area contributed by atoms with Crippen LogP contribution in [0.1, 0.15) is 11.1 Å². The predicted molar refractivity (Wildman–Crippen MR) is 116 cm³/mol. The standard InChI is InChI=1S/C10H9ClN2.C8H10ClN.2CH2O/c1-6-5-8(12)9(11)10-7(6)3-2-4-13-10;1-6-7(9)4-3-5-8(6)10-2;2*1-2/h2-5H,12H2,1H3;3-5,10H,1-2H3;2*1H2. The van der Waals surface area contributed by atoms with Crippen LogP contribution in [0.2, 0.25) is 10.0 Å². The van der Waals surface area contributed by atoms with Gasteiger partial charge < -0.3 is 20.6 Å². The summed E-state index contributed by atoms with van der Waals surface area (Å²) in [6.45, 7) is 7.99. The quantitative estimate of drug-likeness (QED) is 0.548. The lowest BCUT2D eigenvalue weighted by atomic mass is 10.1. The number of hydrogen-bond acceptors (Lipinski definition) is 5. The number of nitrogens with two attached hydrogens (primary N) is 1. The number of anilines is 2. The van der Waals surface area contributed by atoms with Gasteiger partial charge in [-0.05, 0) is 49.2 Å². The Bertz CT molecular complexity index is 871. The van der Waals surface area contributed by atoms with Crippen LogP contribution < -0.4 is 11.1 Å². The van der Waals surface area contributed by atoms with Crippen LogP contribution in [0.15, 0.2) is 42.6 Å². The predicted octanol–water partition coefficient (Wildman–Crippen LogP) is 5.10. The molecule has 7 heteroatoms. The average Bonchev–Trinajstić information content (AvgIpc) is 2.72. The second-order valence-corrected chi connectivity index (χ2v) is 5.94. The fourth-order valence-electron chi connectivity index (χ4n) is 2.29. The van der Waals surface area contributed by atoms with Crippen molar-refractivity contribution < 1.29 is 9.59 Å². The lowest BCUT2D eigenvalue weighted by Gasteiger charge is -2.05. The molecule has 2 aromatic carbocycles. The average molecular weight is 408 g/mol. The Kier molecular flexibility index (Phi) is 11.4. The number of rotatable bonds is 1. The molecule has 0 bridgehead atoms. The molecule has 0 unspecified atom stereocenters. The van der Waals surface area contributed by atoms with Crippen LogP contribution in [-0.4, -0.2) is 25.6 Å². The van der Waals surface area contributed by atoms with Gasteiger partial charge in [0.15, 0.2) is 0 Å². The van der Waals surface area contributed by atoms with Gasteiger partial charge in [-0.2, -0.15) is 0 Å². The number of nitrogens with zero attached hydrogens (tertiary/aromatic N) is 1. The molecule has 0 aliphatic carbocycles. The summed E-state index contributed by atoms with van der Waals surface area (Å²) in [6.07, 6.45) is 1.72. The first kappa shape index (κ1) is 24.4. The highest BCUT2D eigenvalue weighted by Gasteiger charge is 2.05. The van der Waals surface area contributed by atoms with Crippen molar-refractivity contribution in [3.8, 4) is 0 Å². The SMILES string of the molecule is C=O.C=O.CNc1cccc(Cl)c1C.Cc1cc(N)c(Cl)c2ncccc12. The van der Waals surface area contributed by atoms with Crippen LogP contribution in [0.25, 0.3) is 10.9 Å². The molecule has 0 atom stereocenters. The van der Waals surface area contributed by atoms with Gasteiger partial charge in [0.1, 0.15) is 13.6 Å². The molecule has 0 saturated carbocycles. The monoisotopic (exact) mass is 407 g/mol. The first-order valence-corrected chi connectivity index (χ1v) is 8.51. The molecule has 0 spiro atoms. The molecule has 3 N–H and O–H groups in total. The summed E-state index contributed by atoms with van der Waals surface area (Å²) in [5.74, 6) is 0. The van der Waals surface area contributed by atoms with Crippen LogP contribution >= 0.6 is 23.2 Å². The summed E-state index contributed by atoms with van der Waals surface area (Å²) in [4.78, 5) is 20.2. The maximum atomic E-state index is 8.00. The van der Waals surface area contributed by atoms with Gasteiger partial charge in [-0.25, -0.2) is 0 Å². The van der Waals surface area contributed by atoms with Gasteiger partial charge in [0.25, 0.3) is 0 Å². The number of pyridine rings is 1. The second kappa shape index (κ2) is 12.7. The summed E-state index contributed by atoms with van der Waals surface area (Å²) in [5.41, 5.74) is 10.4. The fraction of sp³-hybridized carbons (Fsp3) is 0.150. The van der Waals surface area contributed by atoms with E-state index in [4.69, 9.17) is 38.5 Å². The first-order chi connectivity index (χ1) is 13.0. The minimum absolute atomic E-state index is 0.543. The smallest absolute Gasteiger partial charge is 0.106 e. The molecule has 144 valence electrons. The number of nitrogens with one attached hydrogen (secondary N) is 1. The number of carbonyl (C=O) groups is 2. The molecule has 0 amide bonds. The van der Waals surface area contributed by atoms with Gasteiger partial charge >= 0.3 is 0 Å². The van der Waals surface area contributed by atoms with Crippen molar-refractivity contribution in [1.82, 2.24) is 4.98 Å². The molecular formula is C20H23Cl2N3O2. The molecule has 3 aromatic rings. The Balaban J connectivity index is 0.000000434. The second-order valence-electron chi connectivity index (χ2n) is 5.16. The van der Waals surface area contributed by atoms with E-state index >= 15 is 0 Å². The van der Waals surface area contributed by atoms with Crippen LogP contribution in [-0.2, 0) is 9.59 Å². The van der Waals surface area contributed by atoms with E-state index in [1.165, 1.54) is 0 Å². The van der Waals surface area contributed by atoms with Crippen LogP contribution in [0.5, 0.6) is 0 Å². The van der Waals surface area contributed by atoms with Crippen molar-refractivity contribution in [3.63, 3.8) is 0 Å². The van der Waals surface area contributed by atoms with Gasteiger partial charge in [0.2, 0.25) is 0 Å². The van der Waals surface area contributed by atoms with E-state index in [-0.39, 0.29) is 0 Å². The zero-order valence-corrected chi connectivity index (χ0v) is 17.1. The summed E-state index contributed by atoms with van der Waals surface area (Å²) >= 11 is 11.9. The van der Waals surface area contributed by atoms with Crippen LogP contribution in [0.4, 0.5) is 11.4 Å². The van der Waals surface area contributed by atoms with E-state index in [0.29, 0.717) is 10.7 Å². The van der Waals surface area contributed by atoms with Crippen molar-refractivity contribution in [2.45, 2.75) is 13.8 Å². The Labute approximate surface area is 169 Å². The number of aromatic nitrogens is 1. The first-order valence-electron chi connectivity index (χ1n) is 7.75. The molecule has 0 saturated heterocycles. The Morgan fingerprint density at radius 2 is 1.67 bits per heavy atom. The number of hydrogen-bond donors (Lipinski definition) is 2. The summed E-state index contributed by atoms with van der Waals surface area (Å²) < 4.78 is 0. The minimum atomic E-state index is 0.543. The highest BCUT2D eigenvalue weighted by Crippen LogP contribution is 2.29. The van der Waals surface area contributed by atoms with E-state index in [2.05, 4.69) is 10.3 Å². The molecule has 1 heterocycles. The highest BCUT2D eigenvalue weighted by molar-refractivity contribution is 6.37. The van der Waals surface area contributed by atoms with Crippen LogP contribution in [0.3, 0.4) is 0 Å². The zero-order valence-electron chi connectivity index (χ0n) is 15.6. The van der Waals surface area contributed by atoms with Crippen molar-refractivity contribution in [1.29, 1.82) is 0 Å². The maximum absolute atomic E-state index is 8.00. The summed E-state index contributed by atoms with van der Waals surface area (Å²) in [7, 11) is 1.89. The normalized spacial score (nSPS) is 8.93. The third kappa shape index (κ3) is 6.55. The largest absolute Gasteiger partial charge is 0.397 e. The lowest BCUT2D eigenvalue weighted by molar-refractivity contribution is -0.0987. The molecular weight excluding hydrogens is 385 g/mol. The third-order valence-corrected chi connectivity index (χ3v) is 4.41. The molecule has 1 aromatic heterocycles. The maximum Gasteiger partial charge on any atom is 0.106 e. The van der Waals surface area contributed by atoms with E-state index in [1.54, 1.807) is 6.20 Å².